The van der Waals surface area contributed by atoms with Crippen LogP contribution in [0.25, 0.3) is 0 Å². The Bertz CT molecular complexity index is 1160. The molecule has 2 aromatic carbocycles. The van der Waals surface area contributed by atoms with Gasteiger partial charge >= 0.3 is 6.18 Å². The van der Waals surface area contributed by atoms with Crippen LogP contribution in [0.4, 0.5) is 28.9 Å². The van der Waals surface area contributed by atoms with Crippen LogP contribution in [-0.2, 0) is 14.8 Å². The Morgan fingerprint density at radius 2 is 1.74 bits per heavy atom. The second-order valence-electron chi connectivity index (χ2n) is 9.05. The molecule has 1 amide bonds. The molecule has 1 saturated heterocycles. The number of para-hydroxylation sites is 1. The molecular formula is C24H29F4N3O3S. The number of carbonyl (C=O) groups is 1. The SMILES string of the molecule is CC1CCN(c2ccccc2C(NC(=O)[C@@H](C)c2ccc(NS(C)(=O)=O)c(F)c2)C(F)(F)F)CC1. The van der Waals surface area contributed by atoms with Gasteiger partial charge in [-0.15, -0.1) is 0 Å². The molecule has 0 bridgehead atoms. The van der Waals surface area contributed by atoms with Crippen LogP contribution < -0.4 is 14.9 Å². The van der Waals surface area contributed by atoms with Crippen LogP contribution in [0.5, 0.6) is 0 Å². The van der Waals surface area contributed by atoms with Crippen LogP contribution in [0, 0.1) is 11.7 Å². The van der Waals surface area contributed by atoms with E-state index in [0.717, 1.165) is 31.2 Å². The first kappa shape index (κ1) is 26.8. The maximum absolute atomic E-state index is 14.4. The lowest BCUT2D eigenvalue weighted by Crippen LogP contribution is -2.41. The summed E-state index contributed by atoms with van der Waals surface area (Å²) < 4.78 is 81.5. The zero-order valence-electron chi connectivity index (χ0n) is 19.7. The van der Waals surface area contributed by atoms with Crippen molar-refractivity contribution < 1.29 is 30.8 Å². The number of nitrogens with zero attached hydrogens (tertiary/aromatic N) is 1. The second-order valence-corrected chi connectivity index (χ2v) is 10.8. The molecule has 1 aliphatic heterocycles. The second kappa shape index (κ2) is 10.4. The number of halogens is 4. The maximum Gasteiger partial charge on any atom is 0.412 e. The lowest BCUT2D eigenvalue weighted by molar-refractivity contribution is -0.163. The van der Waals surface area contributed by atoms with Gasteiger partial charge in [-0.3, -0.25) is 9.52 Å². The lowest BCUT2D eigenvalue weighted by Gasteiger charge is -2.35. The predicted octanol–water partition coefficient (Wildman–Crippen LogP) is 4.96. The summed E-state index contributed by atoms with van der Waals surface area (Å²) in [5, 5.41) is 2.11. The van der Waals surface area contributed by atoms with Gasteiger partial charge in [-0.2, -0.15) is 13.2 Å². The van der Waals surface area contributed by atoms with Gasteiger partial charge < -0.3 is 10.2 Å². The number of amides is 1. The zero-order chi connectivity index (χ0) is 26.0. The van der Waals surface area contributed by atoms with E-state index >= 15 is 0 Å². The van der Waals surface area contributed by atoms with Gasteiger partial charge in [0.1, 0.15) is 5.82 Å². The van der Waals surface area contributed by atoms with Gasteiger partial charge in [0.15, 0.2) is 6.04 Å². The minimum atomic E-state index is -4.76. The molecule has 0 aliphatic carbocycles. The summed E-state index contributed by atoms with van der Waals surface area (Å²) in [5.74, 6) is -2.50. The molecule has 2 aromatic rings. The number of alkyl halides is 3. The molecular weight excluding hydrogens is 486 g/mol. The van der Waals surface area contributed by atoms with E-state index in [1.807, 2.05) is 9.62 Å². The monoisotopic (exact) mass is 515 g/mol. The minimum absolute atomic E-state index is 0.0472. The molecule has 0 aromatic heterocycles. The zero-order valence-corrected chi connectivity index (χ0v) is 20.5. The summed E-state index contributed by atoms with van der Waals surface area (Å²) in [6.45, 7) is 4.72. The Kier molecular flexibility index (Phi) is 7.98. The third kappa shape index (κ3) is 6.87. The number of hydrogen-bond acceptors (Lipinski definition) is 4. The van der Waals surface area contributed by atoms with Gasteiger partial charge in [0.2, 0.25) is 15.9 Å². The number of piperidine rings is 1. The Morgan fingerprint density at radius 1 is 1.11 bits per heavy atom. The van der Waals surface area contributed by atoms with E-state index in [-0.39, 0.29) is 16.8 Å². The summed E-state index contributed by atoms with van der Waals surface area (Å²) in [6.07, 6.45) is -2.17. The summed E-state index contributed by atoms with van der Waals surface area (Å²) in [6, 6.07) is 7.28. The number of rotatable bonds is 7. The molecule has 1 aliphatic rings. The molecule has 192 valence electrons. The van der Waals surface area contributed by atoms with Crippen molar-refractivity contribution in [3.05, 3.63) is 59.4 Å². The van der Waals surface area contributed by atoms with Gasteiger partial charge in [0, 0.05) is 24.3 Å². The summed E-state index contributed by atoms with van der Waals surface area (Å²) in [4.78, 5) is 14.8. The van der Waals surface area contributed by atoms with Gasteiger partial charge in [-0.1, -0.05) is 31.2 Å². The molecule has 6 nitrogen and oxygen atoms in total. The fraction of sp³-hybridized carbons (Fsp3) is 0.458. The number of nitrogens with one attached hydrogen (secondary N) is 2. The van der Waals surface area contributed by atoms with Crippen LogP contribution >= 0.6 is 0 Å². The van der Waals surface area contributed by atoms with E-state index < -0.39 is 39.9 Å². The van der Waals surface area contributed by atoms with E-state index in [0.29, 0.717) is 24.7 Å². The van der Waals surface area contributed by atoms with Gasteiger partial charge in [0.05, 0.1) is 17.9 Å². The molecule has 1 unspecified atom stereocenters. The lowest BCUT2D eigenvalue weighted by atomic mass is 9.95. The predicted molar refractivity (Wildman–Crippen MR) is 127 cm³/mol. The quantitative estimate of drug-likeness (QED) is 0.511. The summed E-state index contributed by atoms with van der Waals surface area (Å²) in [7, 11) is -3.73. The van der Waals surface area contributed by atoms with Gasteiger partial charge in [-0.25, -0.2) is 12.8 Å². The van der Waals surface area contributed by atoms with Crippen LogP contribution in [0.3, 0.4) is 0 Å². The van der Waals surface area contributed by atoms with Crippen molar-refractivity contribution in [2.75, 3.05) is 29.0 Å². The standard InChI is InChI=1S/C24H29F4N3O3S/c1-15-10-12-31(13-11-15)21-7-5-4-6-18(21)22(24(26,27)28)29-23(32)16(2)17-8-9-20(19(25)14-17)30-35(3,33)34/h4-9,14-16,22,30H,10-13H2,1-3H3,(H,29,32)/t16-,22?/m0/s1. The largest absolute Gasteiger partial charge is 0.412 e. The van der Waals surface area contributed by atoms with Crippen molar-refractivity contribution in [1.82, 2.24) is 5.32 Å². The van der Waals surface area contributed by atoms with Crippen molar-refractivity contribution in [2.45, 2.75) is 44.8 Å². The Hall–Kier alpha value is -2.82. The number of sulfonamides is 1. The molecule has 2 N–H and O–H groups in total. The number of anilines is 2. The molecule has 1 fully saturated rings. The Labute approximate surface area is 202 Å². The molecule has 0 radical (unpaired) electrons. The maximum atomic E-state index is 14.4. The first-order valence-electron chi connectivity index (χ1n) is 11.2. The molecule has 0 spiro atoms. The Balaban J connectivity index is 1.85. The van der Waals surface area contributed by atoms with E-state index in [4.69, 9.17) is 0 Å². The van der Waals surface area contributed by atoms with Crippen molar-refractivity contribution >= 4 is 27.3 Å². The highest BCUT2D eigenvalue weighted by atomic mass is 32.2. The number of hydrogen-bond donors (Lipinski definition) is 2. The van der Waals surface area contributed by atoms with E-state index in [1.54, 1.807) is 12.1 Å². The smallest absolute Gasteiger partial charge is 0.371 e. The van der Waals surface area contributed by atoms with E-state index in [1.165, 1.54) is 25.1 Å². The first-order chi connectivity index (χ1) is 16.3. The Morgan fingerprint density at radius 3 is 2.31 bits per heavy atom. The fourth-order valence-electron chi connectivity index (χ4n) is 4.11. The molecule has 2 atom stereocenters. The minimum Gasteiger partial charge on any atom is -0.371 e. The normalized spacial score (nSPS) is 17.1. The van der Waals surface area contributed by atoms with Crippen molar-refractivity contribution in [3.63, 3.8) is 0 Å². The summed E-state index contributed by atoms with van der Waals surface area (Å²) in [5.41, 5.74) is 0.172. The fourth-order valence-corrected chi connectivity index (χ4v) is 4.67. The topological polar surface area (TPSA) is 78.5 Å². The third-order valence-electron chi connectivity index (χ3n) is 6.17. The first-order valence-corrected chi connectivity index (χ1v) is 13.1. The highest BCUT2D eigenvalue weighted by Crippen LogP contribution is 2.39. The molecule has 3 rings (SSSR count). The van der Waals surface area contributed by atoms with E-state index in [2.05, 4.69) is 12.2 Å². The number of carbonyl (C=O) groups excluding carboxylic acids is 1. The molecule has 1 heterocycles. The van der Waals surface area contributed by atoms with Gasteiger partial charge in [0.25, 0.3) is 0 Å². The highest BCUT2D eigenvalue weighted by molar-refractivity contribution is 7.92. The van der Waals surface area contributed by atoms with Crippen LogP contribution in [-0.4, -0.2) is 39.8 Å². The molecule has 35 heavy (non-hydrogen) atoms. The molecule has 0 saturated carbocycles. The van der Waals surface area contributed by atoms with Gasteiger partial charge in [-0.05, 0) is 49.4 Å². The van der Waals surface area contributed by atoms with Crippen LogP contribution in [0.15, 0.2) is 42.5 Å². The summed E-state index contributed by atoms with van der Waals surface area (Å²) >= 11 is 0. The molecule has 11 heteroatoms. The highest BCUT2D eigenvalue weighted by Gasteiger charge is 2.44. The van der Waals surface area contributed by atoms with Crippen molar-refractivity contribution in [1.29, 1.82) is 0 Å². The van der Waals surface area contributed by atoms with Crippen molar-refractivity contribution in [2.24, 2.45) is 5.92 Å². The van der Waals surface area contributed by atoms with Crippen LogP contribution in [0.2, 0.25) is 0 Å². The van der Waals surface area contributed by atoms with Crippen molar-refractivity contribution in [3.8, 4) is 0 Å². The van der Waals surface area contributed by atoms with Crippen LogP contribution in [0.1, 0.15) is 49.8 Å². The number of benzene rings is 2. The van der Waals surface area contributed by atoms with E-state index in [9.17, 15) is 30.8 Å². The average Bonchev–Trinajstić information content (AvgIpc) is 2.77. The third-order valence-corrected chi connectivity index (χ3v) is 6.76. The average molecular weight is 516 g/mol.